The number of carbonyl (C=O) groups is 2. The van der Waals surface area contributed by atoms with Gasteiger partial charge < -0.3 is 10.1 Å². The summed E-state index contributed by atoms with van der Waals surface area (Å²) in [6.07, 6.45) is -0.971. The van der Waals surface area contributed by atoms with Gasteiger partial charge in [-0.3, -0.25) is 4.79 Å². The minimum atomic E-state index is -0.971. The minimum absolute atomic E-state index is 0.179. The fraction of sp³-hybridized carbons (Fsp3) is 0.150. The molecule has 1 amide bonds. The number of thiazole rings is 1. The minimum Gasteiger partial charge on any atom is -0.448 e. The molecular formula is C20H17ClN2O3S. The lowest BCUT2D eigenvalue weighted by Crippen LogP contribution is -2.30. The van der Waals surface area contributed by atoms with Gasteiger partial charge >= 0.3 is 5.97 Å². The van der Waals surface area contributed by atoms with Gasteiger partial charge in [0.2, 0.25) is 0 Å². The standard InChI is InChI=1S/C20H17ClN2O3S/c1-12-6-8-14(9-7-12)19-23-17(11-27-19)20(25)26-13(2)18(24)22-16-5-3-4-15(21)10-16/h3-11,13H,1-2H3,(H,22,24)/t13-/m1/s1. The van der Waals surface area contributed by atoms with Gasteiger partial charge in [-0.25, -0.2) is 9.78 Å². The van der Waals surface area contributed by atoms with Crippen LogP contribution >= 0.6 is 22.9 Å². The maximum absolute atomic E-state index is 12.3. The zero-order valence-corrected chi connectivity index (χ0v) is 16.3. The topological polar surface area (TPSA) is 68.3 Å². The summed E-state index contributed by atoms with van der Waals surface area (Å²) in [6.45, 7) is 3.51. The third kappa shape index (κ3) is 4.93. The average molecular weight is 401 g/mol. The summed E-state index contributed by atoms with van der Waals surface area (Å²) in [5, 5.41) is 5.51. The zero-order chi connectivity index (χ0) is 19.4. The first-order valence-corrected chi connectivity index (χ1v) is 9.48. The van der Waals surface area contributed by atoms with E-state index >= 15 is 0 Å². The second-order valence-electron chi connectivity index (χ2n) is 5.95. The highest BCUT2D eigenvalue weighted by atomic mass is 35.5. The number of hydrogen-bond acceptors (Lipinski definition) is 5. The highest BCUT2D eigenvalue weighted by Gasteiger charge is 2.21. The van der Waals surface area contributed by atoms with Crippen molar-refractivity contribution < 1.29 is 14.3 Å². The van der Waals surface area contributed by atoms with E-state index < -0.39 is 18.0 Å². The number of halogens is 1. The molecule has 5 nitrogen and oxygen atoms in total. The van der Waals surface area contributed by atoms with Crippen LogP contribution in [0.5, 0.6) is 0 Å². The summed E-state index contributed by atoms with van der Waals surface area (Å²) in [7, 11) is 0. The molecule has 1 aromatic heterocycles. The molecule has 3 aromatic rings. The van der Waals surface area contributed by atoms with Crippen molar-refractivity contribution in [3.8, 4) is 10.6 Å². The summed E-state index contributed by atoms with van der Waals surface area (Å²) >= 11 is 7.24. The Kier molecular flexibility index (Phi) is 5.88. The first-order valence-electron chi connectivity index (χ1n) is 8.22. The van der Waals surface area contributed by atoms with Crippen LogP contribution in [0.3, 0.4) is 0 Å². The van der Waals surface area contributed by atoms with Crippen LogP contribution in [0.25, 0.3) is 10.6 Å². The van der Waals surface area contributed by atoms with Crippen molar-refractivity contribution in [1.29, 1.82) is 0 Å². The van der Waals surface area contributed by atoms with Crippen LogP contribution in [0.4, 0.5) is 5.69 Å². The van der Waals surface area contributed by atoms with Gasteiger partial charge in [-0.2, -0.15) is 0 Å². The number of benzene rings is 2. The molecule has 0 bridgehead atoms. The van der Waals surface area contributed by atoms with Crippen molar-refractivity contribution in [2.75, 3.05) is 5.32 Å². The van der Waals surface area contributed by atoms with Crippen LogP contribution in [-0.2, 0) is 9.53 Å². The summed E-state index contributed by atoms with van der Waals surface area (Å²) in [4.78, 5) is 28.8. The van der Waals surface area contributed by atoms with Crippen LogP contribution in [0.15, 0.2) is 53.9 Å². The van der Waals surface area contributed by atoms with Crippen molar-refractivity contribution in [3.05, 3.63) is 70.2 Å². The van der Waals surface area contributed by atoms with E-state index in [1.807, 2.05) is 31.2 Å². The van der Waals surface area contributed by atoms with Crippen molar-refractivity contribution in [1.82, 2.24) is 4.98 Å². The van der Waals surface area contributed by atoms with Gasteiger partial charge in [-0.1, -0.05) is 47.5 Å². The van der Waals surface area contributed by atoms with Gasteiger partial charge in [0.1, 0.15) is 5.01 Å². The molecule has 2 aromatic carbocycles. The van der Waals surface area contributed by atoms with E-state index in [0.717, 1.165) is 16.1 Å². The number of carbonyl (C=O) groups excluding carboxylic acids is 2. The Morgan fingerprint density at radius 3 is 2.63 bits per heavy atom. The monoisotopic (exact) mass is 400 g/mol. The molecule has 0 saturated heterocycles. The number of aryl methyl sites for hydroxylation is 1. The average Bonchev–Trinajstić information content (AvgIpc) is 3.12. The lowest BCUT2D eigenvalue weighted by atomic mass is 10.2. The van der Waals surface area contributed by atoms with Gasteiger partial charge in [0.25, 0.3) is 5.91 Å². The Morgan fingerprint density at radius 1 is 1.19 bits per heavy atom. The molecule has 27 heavy (non-hydrogen) atoms. The maximum atomic E-state index is 12.3. The maximum Gasteiger partial charge on any atom is 0.358 e. The lowest BCUT2D eigenvalue weighted by molar-refractivity contribution is -0.123. The van der Waals surface area contributed by atoms with E-state index in [1.165, 1.54) is 18.3 Å². The summed E-state index contributed by atoms with van der Waals surface area (Å²) in [5.74, 6) is -1.09. The van der Waals surface area contributed by atoms with Gasteiger partial charge in [0, 0.05) is 21.7 Å². The second-order valence-corrected chi connectivity index (χ2v) is 7.25. The number of ether oxygens (including phenoxy) is 1. The third-order valence-corrected chi connectivity index (χ3v) is 4.88. The van der Waals surface area contributed by atoms with E-state index in [-0.39, 0.29) is 5.69 Å². The fourth-order valence-corrected chi connectivity index (χ4v) is 3.27. The SMILES string of the molecule is Cc1ccc(-c2nc(C(=O)O[C@H](C)C(=O)Nc3cccc(Cl)c3)cs2)cc1. The van der Waals surface area contributed by atoms with E-state index in [0.29, 0.717) is 10.7 Å². The largest absolute Gasteiger partial charge is 0.448 e. The molecule has 0 aliphatic carbocycles. The number of aromatic nitrogens is 1. The molecule has 3 rings (SSSR count). The van der Waals surface area contributed by atoms with Crippen LogP contribution in [0.1, 0.15) is 23.0 Å². The molecular weight excluding hydrogens is 384 g/mol. The number of esters is 1. The lowest BCUT2D eigenvalue weighted by Gasteiger charge is -2.12. The quantitative estimate of drug-likeness (QED) is 0.615. The third-order valence-electron chi connectivity index (χ3n) is 3.76. The van der Waals surface area contributed by atoms with Crippen molar-refractivity contribution in [2.24, 2.45) is 0 Å². The molecule has 0 aliphatic heterocycles. The van der Waals surface area contributed by atoms with Crippen LogP contribution < -0.4 is 5.32 Å². The highest BCUT2D eigenvalue weighted by Crippen LogP contribution is 2.24. The highest BCUT2D eigenvalue weighted by molar-refractivity contribution is 7.13. The molecule has 138 valence electrons. The first-order chi connectivity index (χ1) is 12.9. The number of nitrogens with one attached hydrogen (secondary N) is 1. The van der Waals surface area contributed by atoms with Crippen molar-refractivity contribution in [2.45, 2.75) is 20.0 Å². The van der Waals surface area contributed by atoms with E-state index in [9.17, 15) is 9.59 Å². The molecule has 1 heterocycles. The predicted octanol–water partition coefficient (Wildman–Crippen LogP) is 4.96. The number of nitrogens with zero attached hydrogens (tertiary/aromatic N) is 1. The van der Waals surface area contributed by atoms with Crippen molar-refractivity contribution in [3.63, 3.8) is 0 Å². The Labute approximate surface area is 166 Å². The van der Waals surface area contributed by atoms with Gasteiger partial charge in [0.15, 0.2) is 11.8 Å². The Morgan fingerprint density at radius 2 is 1.93 bits per heavy atom. The molecule has 0 spiro atoms. The molecule has 0 saturated carbocycles. The first kappa shape index (κ1) is 19.1. The molecule has 0 radical (unpaired) electrons. The number of hydrogen-bond donors (Lipinski definition) is 1. The zero-order valence-electron chi connectivity index (χ0n) is 14.7. The smallest absolute Gasteiger partial charge is 0.358 e. The molecule has 7 heteroatoms. The van der Waals surface area contributed by atoms with Crippen LogP contribution in [-0.4, -0.2) is 23.0 Å². The second kappa shape index (κ2) is 8.33. The summed E-state index contributed by atoms with van der Waals surface area (Å²) in [5.41, 5.74) is 2.79. The van der Waals surface area contributed by atoms with E-state index in [4.69, 9.17) is 16.3 Å². The normalized spacial score (nSPS) is 11.7. The van der Waals surface area contributed by atoms with Gasteiger partial charge in [-0.05, 0) is 32.0 Å². The molecule has 0 unspecified atom stereocenters. The number of rotatable bonds is 5. The van der Waals surface area contributed by atoms with E-state index in [1.54, 1.807) is 29.6 Å². The molecule has 0 fully saturated rings. The summed E-state index contributed by atoms with van der Waals surface area (Å²) in [6, 6.07) is 14.6. The Balaban J connectivity index is 1.62. The Hall–Kier alpha value is -2.70. The molecule has 1 atom stereocenters. The Bertz CT molecular complexity index is 969. The fourth-order valence-electron chi connectivity index (χ4n) is 2.28. The van der Waals surface area contributed by atoms with Crippen LogP contribution in [0.2, 0.25) is 5.02 Å². The molecule has 0 aliphatic rings. The van der Waals surface area contributed by atoms with Gasteiger partial charge in [0.05, 0.1) is 0 Å². The number of amides is 1. The van der Waals surface area contributed by atoms with Gasteiger partial charge in [-0.15, -0.1) is 11.3 Å². The number of anilines is 1. The predicted molar refractivity (Wildman–Crippen MR) is 107 cm³/mol. The van der Waals surface area contributed by atoms with E-state index in [2.05, 4.69) is 10.3 Å². The summed E-state index contributed by atoms with van der Waals surface area (Å²) < 4.78 is 5.23. The molecule has 1 N–H and O–H groups in total. The van der Waals surface area contributed by atoms with Crippen LogP contribution in [0, 0.1) is 6.92 Å². The van der Waals surface area contributed by atoms with Crippen molar-refractivity contribution >= 4 is 40.5 Å².